The highest BCUT2D eigenvalue weighted by Gasteiger charge is 2.26. The third-order valence-electron chi connectivity index (χ3n) is 7.63. The van der Waals surface area contributed by atoms with Crippen molar-refractivity contribution >= 4 is 23.3 Å². The number of hydrogen-bond acceptors (Lipinski definition) is 5. The standard InChI is InChI=1S/C32H41N3O4/c36-30(37)15-6-2-5-14-28(27-13-9-20-33-22-27)25-16-18-26(19-17-25)32-35-29(23-39-32)31(38)34-21-8-7-12-24-10-3-1-4-11-24/h9,13-14,16-20,22,24,29H,1-8,10-12,15,21,23H2,(H,34,38)(H,36,37)/b28-14-. The molecule has 1 atom stereocenters. The summed E-state index contributed by atoms with van der Waals surface area (Å²) in [5, 5.41) is 11.9. The van der Waals surface area contributed by atoms with Crippen molar-refractivity contribution in [2.45, 2.75) is 83.1 Å². The van der Waals surface area contributed by atoms with Gasteiger partial charge in [0.15, 0.2) is 6.04 Å². The van der Waals surface area contributed by atoms with Crippen LogP contribution in [0.15, 0.2) is 59.9 Å². The van der Waals surface area contributed by atoms with Gasteiger partial charge in [0.05, 0.1) is 0 Å². The first-order valence-electron chi connectivity index (χ1n) is 14.5. The largest absolute Gasteiger partial charge is 0.481 e. The molecule has 7 heteroatoms. The van der Waals surface area contributed by atoms with Gasteiger partial charge < -0.3 is 15.2 Å². The predicted octanol–water partition coefficient (Wildman–Crippen LogP) is 6.17. The highest BCUT2D eigenvalue weighted by atomic mass is 16.5. The number of carbonyl (C=O) groups excluding carboxylic acids is 1. The van der Waals surface area contributed by atoms with Gasteiger partial charge in [0, 0.05) is 36.5 Å². The molecule has 0 spiro atoms. The van der Waals surface area contributed by atoms with E-state index >= 15 is 0 Å². The number of aliphatic imine (C=N–C) groups is 1. The molecule has 4 rings (SSSR count). The van der Waals surface area contributed by atoms with Crippen molar-refractivity contribution in [2.75, 3.05) is 13.2 Å². The van der Waals surface area contributed by atoms with E-state index in [0.29, 0.717) is 18.9 Å². The van der Waals surface area contributed by atoms with E-state index in [-0.39, 0.29) is 18.9 Å². The molecular weight excluding hydrogens is 490 g/mol. The number of carboxylic acid groups (broad SMARTS) is 1. The van der Waals surface area contributed by atoms with Crippen molar-refractivity contribution in [3.63, 3.8) is 0 Å². The van der Waals surface area contributed by atoms with Crippen molar-refractivity contribution < 1.29 is 19.4 Å². The van der Waals surface area contributed by atoms with Gasteiger partial charge in [-0.05, 0) is 60.9 Å². The van der Waals surface area contributed by atoms with E-state index in [4.69, 9.17) is 9.84 Å². The lowest BCUT2D eigenvalue weighted by Crippen LogP contribution is -2.34. The molecule has 1 aliphatic carbocycles. The Hall–Kier alpha value is -3.48. The molecule has 2 heterocycles. The molecule has 0 radical (unpaired) electrons. The van der Waals surface area contributed by atoms with Crippen LogP contribution in [0.25, 0.3) is 5.57 Å². The smallest absolute Gasteiger partial charge is 0.303 e. The number of allylic oxidation sites excluding steroid dienone is 1. The number of amides is 1. The zero-order valence-corrected chi connectivity index (χ0v) is 22.8. The molecule has 1 aromatic heterocycles. The van der Waals surface area contributed by atoms with E-state index in [0.717, 1.165) is 47.4 Å². The first-order valence-corrected chi connectivity index (χ1v) is 14.5. The molecule has 2 N–H and O–H groups in total. The number of ether oxygens (including phenoxy) is 1. The maximum absolute atomic E-state index is 12.6. The molecule has 1 aliphatic heterocycles. The average molecular weight is 532 g/mol. The number of nitrogens with one attached hydrogen (secondary N) is 1. The van der Waals surface area contributed by atoms with Gasteiger partial charge in [0.1, 0.15) is 6.61 Å². The van der Waals surface area contributed by atoms with Crippen LogP contribution in [0.1, 0.15) is 93.7 Å². The Balaban J connectivity index is 1.30. The number of hydrogen-bond donors (Lipinski definition) is 2. The second-order valence-corrected chi connectivity index (χ2v) is 10.6. The minimum atomic E-state index is -0.760. The Morgan fingerprint density at radius 2 is 1.82 bits per heavy atom. The summed E-state index contributed by atoms with van der Waals surface area (Å²) in [4.78, 5) is 32.2. The predicted molar refractivity (Wildman–Crippen MR) is 154 cm³/mol. The molecule has 1 fully saturated rings. The number of nitrogens with zero attached hydrogens (tertiary/aromatic N) is 2. The minimum absolute atomic E-state index is 0.0658. The van der Waals surface area contributed by atoms with Crippen molar-refractivity contribution in [2.24, 2.45) is 10.9 Å². The molecule has 0 bridgehead atoms. The first kappa shape index (κ1) is 28.5. The second-order valence-electron chi connectivity index (χ2n) is 10.6. The number of aromatic nitrogens is 1. The zero-order chi connectivity index (χ0) is 27.3. The van der Waals surface area contributed by atoms with Crippen LogP contribution in [0.5, 0.6) is 0 Å². The molecule has 7 nitrogen and oxygen atoms in total. The topological polar surface area (TPSA) is 101 Å². The number of carbonyl (C=O) groups is 2. The van der Waals surface area contributed by atoms with Crippen molar-refractivity contribution in [1.82, 2.24) is 10.3 Å². The van der Waals surface area contributed by atoms with Gasteiger partial charge in [-0.25, -0.2) is 4.99 Å². The van der Waals surface area contributed by atoms with Crippen molar-refractivity contribution in [1.29, 1.82) is 0 Å². The van der Waals surface area contributed by atoms with Gasteiger partial charge in [-0.2, -0.15) is 0 Å². The fourth-order valence-electron chi connectivity index (χ4n) is 5.41. The summed E-state index contributed by atoms with van der Waals surface area (Å²) in [7, 11) is 0. The van der Waals surface area contributed by atoms with Crippen LogP contribution < -0.4 is 5.32 Å². The van der Waals surface area contributed by atoms with Crippen LogP contribution in [-0.4, -0.2) is 47.1 Å². The summed E-state index contributed by atoms with van der Waals surface area (Å²) in [6, 6.07) is 11.4. The van der Waals surface area contributed by atoms with E-state index in [2.05, 4.69) is 21.4 Å². The first-order chi connectivity index (χ1) is 19.1. The lowest BCUT2D eigenvalue weighted by atomic mass is 9.86. The second kappa shape index (κ2) is 15.2. The van der Waals surface area contributed by atoms with Crippen LogP contribution >= 0.6 is 0 Å². The van der Waals surface area contributed by atoms with Crippen molar-refractivity contribution in [3.05, 3.63) is 71.6 Å². The van der Waals surface area contributed by atoms with E-state index in [1.54, 1.807) is 6.20 Å². The van der Waals surface area contributed by atoms with Gasteiger partial charge in [-0.1, -0.05) is 69.2 Å². The van der Waals surface area contributed by atoms with Crippen LogP contribution in [0.4, 0.5) is 0 Å². The Labute approximate surface area is 231 Å². The van der Waals surface area contributed by atoms with E-state index < -0.39 is 12.0 Å². The Morgan fingerprint density at radius 3 is 2.56 bits per heavy atom. The summed E-state index contributed by atoms with van der Waals surface area (Å²) >= 11 is 0. The number of rotatable bonds is 14. The van der Waals surface area contributed by atoms with E-state index in [1.807, 2.05) is 42.6 Å². The molecule has 208 valence electrons. The van der Waals surface area contributed by atoms with Crippen LogP contribution in [0.3, 0.4) is 0 Å². The average Bonchev–Trinajstić information content (AvgIpc) is 3.46. The van der Waals surface area contributed by atoms with Crippen LogP contribution in [-0.2, 0) is 14.3 Å². The molecule has 0 saturated heterocycles. The third kappa shape index (κ3) is 9.05. The Bertz CT molecular complexity index is 1120. The van der Waals surface area contributed by atoms with Gasteiger partial charge in [-0.3, -0.25) is 14.6 Å². The SMILES string of the molecule is O=C(O)CCCC/C=C(/c1ccc(C2=NC(C(=O)NCCCCC3CCCCC3)CO2)cc1)c1cccnc1. The summed E-state index contributed by atoms with van der Waals surface area (Å²) in [5.74, 6) is 0.559. The normalized spacial score (nSPS) is 17.9. The molecule has 2 aromatic rings. The summed E-state index contributed by atoms with van der Waals surface area (Å²) < 4.78 is 5.79. The summed E-state index contributed by atoms with van der Waals surface area (Å²) in [6.45, 7) is 0.962. The monoisotopic (exact) mass is 531 g/mol. The number of benzene rings is 1. The van der Waals surface area contributed by atoms with Gasteiger partial charge >= 0.3 is 5.97 Å². The maximum atomic E-state index is 12.6. The minimum Gasteiger partial charge on any atom is -0.481 e. The number of aliphatic carboxylic acids is 1. The Morgan fingerprint density at radius 1 is 1.00 bits per heavy atom. The lowest BCUT2D eigenvalue weighted by molar-refractivity contribution is -0.137. The highest BCUT2D eigenvalue weighted by molar-refractivity contribution is 5.98. The molecule has 1 unspecified atom stereocenters. The molecular formula is C32H41N3O4. The lowest BCUT2D eigenvalue weighted by Gasteiger charge is -2.21. The van der Waals surface area contributed by atoms with Gasteiger partial charge in [-0.15, -0.1) is 0 Å². The quantitative estimate of drug-likeness (QED) is 0.284. The fourth-order valence-corrected chi connectivity index (χ4v) is 5.41. The maximum Gasteiger partial charge on any atom is 0.303 e. The Kier molecular flexibility index (Phi) is 11.1. The van der Waals surface area contributed by atoms with Crippen LogP contribution in [0, 0.1) is 5.92 Å². The fraction of sp³-hybridized carbons (Fsp3) is 0.500. The van der Waals surface area contributed by atoms with E-state index in [9.17, 15) is 9.59 Å². The number of pyridine rings is 1. The third-order valence-corrected chi connectivity index (χ3v) is 7.63. The summed E-state index contributed by atoms with van der Waals surface area (Å²) in [5.41, 5.74) is 3.94. The molecule has 1 saturated carbocycles. The molecule has 1 amide bonds. The van der Waals surface area contributed by atoms with Gasteiger partial charge in [0.25, 0.3) is 0 Å². The van der Waals surface area contributed by atoms with Crippen molar-refractivity contribution in [3.8, 4) is 0 Å². The number of unbranched alkanes of at least 4 members (excludes halogenated alkanes) is 3. The highest BCUT2D eigenvalue weighted by Crippen LogP contribution is 2.28. The zero-order valence-electron chi connectivity index (χ0n) is 22.8. The van der Waals surface area contributed by atoms with E-state index in [1.165, 1.54) is 44.9 Å². The van der Waals surface area contributed by atoms with Crippen LogP contribution in [0.2, 0.25) is 0 Å². The number of carboxylic acids is 1. The molecule has 1 aromatic carbocycles. The molecule has 2 aliphatic rings. The van der Waals surface area contributed by atoms with Gasteiger partial charge in [0.2, 0.25) is 11.8 Å². The summed E-state index contributed by atoms with van der Waals surface area (Å²) in [6.07, 6.45) is 18.5. The molecule has 39 heavy (non-hydrogen) atoms.